The second-order valence-corrected chi connectivity index (χ2v) is 2.96. The lowest BCUT2D eigenvalue weighted by Gasteiger charge is -2.03. The molecular weight excluding hydrogens is 168 g/mol. The van der Waals surface area contributed by atoms with Gasteiger partial charge >= 0.3 is 0 Å². The van der Waals surface area contributed by atoms with Crippen LogP contribution in [-0.2, 0) is 13.7 Å². The van der Waals surface area contributed by atoms with E-state index in [9.17, 15) is 0 Å². The normalized spacial score (nSPS) is 10.4. The Labute approximate surface area is 78.1 Å². The molecule has 0 saturated carbocycles. The van der Waals surface area contributed by atoms with Crippen molar-refractivity contribution in [2.45, 2.75) is 26.4 Å². The van der Waals surface area contributed by atoms with E-state index in [0.29, 0.717) is 12.3 Å². The Morgan fingerprint density at radius 2 is 2.38 bits per heavy atom. The van der Waals surface area contributed by atoms with Gasteiger partial charge in [-0.2, -0.15) is 5.10 Å². The summed E-state index contributed by atoms with van der Waals surface area (Å²) in [6.45, 7) is 2.79. The van der Waals surface area contributed by atoms with E-state index in [-0.39, 0.29) is 6.61 Å². The summed E-state index contributed by atoms with van der Waals surface area (Å²) in [5, 5.41) is 12.9. The molecule has 0 radical (unpaired) electrons. The average Bonchev–Trinajstić information content (AvgIpc) is 2.48. The van der Waals surface area contributed by atoms with Crippen LogP contribution in [0.4, 0.5) is 0 Å². The van der Waals surface area contributed by atoms with E-state index in [1.807, 2.05) is 0 Å². The van der Waals surface area contributed by atoms with Gasteiger partial charge in [-0.1, -0.05) is 13.3 Å². The average molecular weight is 184 g/mol. The molecule has 0 unspecified atom stereocenters. The van der Waals surface area contributed by atoms with Crippen LogP contribution in [0.1, 0.15) is 25.5 Å². The molecule has 4 heteroatoms. The van der Waals surface area contributed by atoms with Gasteiger partial charge in [-0.05, 0) is 6.42 Å². The summed E-state index contributed by atoms with van der Waals surface area (Å²) >= 11 is 0. The van der Waals surface area contributed by atoms with Crippen molar-refractivity contribution in [3.63, 3.8) is 0 Å². The minimum atomic E-state index is -0.0367. The minimum absolute atomic E-state index is 0.0367. The first kappa shape index (κ1) is 10.1. The molecule has 0 spiro atoms. The van der Waals surface area contributed by atoms with Crippen molar-refractivity contribution in [3.8, 4) is 5.88 Å². The van der Waals surface area contributed by atoms with Gasteiger partial charge in [0.15, 0.2) is 0 Å². The molecule has 1 aromatic rings. The van der Waals surface area contributed by atoms with E-state index < -0.39 is 0 Å². The van der Waals surface area contributed by atoms with Gasteiger partial charge in [0.2, 0.25) is 5.88 Å². The monoisotopic (exact) mass is 184 g/mol. The molecule has 0 aromatic carbocycles. The Morgan fingerprint density at radius 1 is 1.62 bits per heavy atom. The number of aliphatic hydroxyl groups is 1. The zero-order valence-corrected chi connectivity index (χ0v) is 8.16. The molecule has 0 aliphatic rings. The van der Waals surface area contributed by atoms with Crippen molar-refractivity contribution in [1.29, 1.82) is 0 Å². The molecule has 0 bridgehead atoms. The fourth-order valence-electron chi connectivity index (χ4n) is 1.04. The molecule has 1 heterocycles. The van der Waals surface area contributed by atoms with E-state index in [1.165, 1.54) is 0 Å². The molecule has 1 aromatic heterocycles. The third-order valence-electron chi connectivity index (χ3n) is 1.80. The van der Waals surface area contributed by atoms with Crippen molar-refractivity contribution in [2.24, 2.45) is 7.05 Å². The standard InChI is InChI=1S/C9H16N2O2/c1-3-4-5-13-9-6-8(7-12)10-11(9)2/h6,12H,3-5,7H2,1-2H3. The molecule has 0 aliphatic carbocycles. The molecule has 13 heavy (non-hydrogen) atoms. The van der Waals surface area contributed by atoms with Gasteiger partial charge in [0, 0.05) is 13.1 Å². The van der Waals surface area contributed by atoms with Crippen molar-refractivity contribution in [2.75, 3.05) is 6.61 Å². The van der Waals surface area contributed by atoms with Crippen LogP contribution in [0.15, 0.2) is 6.07 Å². The molecule has 0 amide bonds. The fraction of sp³-hybridized carbons (Fsp3) is 0.667. The summed E-state index contributed by atoms with van der Waals surface area (Å²) in [4.78, 5) is 0. The number of aliphatic hydroxyl groups excluding tert-OH is 1. The highest BCUT2D eigenvalue weighted by molar-refractivity contribution is 5.14. The Kier molecular flexibility index (Phi) is 3.76. The number of ether oxygens (including phenoxy) is 1. The zero-order chi connectivity index (χ0) is 9.68. The van der Waals surface area contributed by atoms with Crippen LogP contribution in [0.2, 0.25) is 0 Å². The predicted molar refractivity (Wildman–Crippen MR) is 49.5 cm³/mol. The van der Waals surface area contributed by atoms with E-state index in [1.54, 1.807) is 17.8 Å². The highest BCUT2D eigenvalue weighted by atomic mass is 16.5. The van der Waals surface area contributed by atoms with Crippen LogP contribution in [0.25, 0.3) is 0 Å². The number of aromatic nitrogens is 2. The van der Waals surface area contributed by atoms with Gasteiger partial charge in [-0.25, -0.2) is 4.68 Å². The number of rotatable bonds is 5. The van der Waals surface area contributed by atoms with Gasteiger partial charge in [0.1, 0.15) is 0 Å². The lowest BCUT2D eigenvalue weighted by molar-refractivity contribution is 0.275. The molecule has 1 rings (SSSR count). The lowest BCUT2D eigenvalue weighted by atomic mass is 10.4. The van der Waals surface area contributed by atoms with Crippen molar-refractivity contribution >= 4 is 0 Å². The highest BCUT2D eigenvalue weighted by Gasteiger charge is 2.03. The Bertz CT molecular complexity index is 258. The Balaban J connectivity index is 2.50. The summed E-state index contributed by atoms with van der Waals surface area (Å²) in [6, 6.07) is 1.76. The Morgan fingerprint density at radius 3 is 2.92 bits per heavy atom. The Hall–Kier alpha value is -1.03. The summed E-state index contributed by atoms with van der Waals surface area (Å²) in [5.74, 6) is 0.720. The van der Waals surface area contributed by atoms with Gasteiger partial charge < -0.3 is 9.84 Å². The predicted octanol–water partition coefficient (Wildman–Crippen LogP) is 1.09. The highest BCUT2D eigenvalue weighted by Crippen LogP contribution is 2.12. The van der Waals surface area contributed by atoms with Crippen LogP contribution in [0.3, 0.4) is 0 Å². The number of unbranched alkanes of at least 4 members (excludes halogenated alkanes) is 1. The van der Waals surface area contributed by atoms with Crippen LogP contribution in [-0.4, -0.2) is 21.5 Å². The lowest BCUT2D eigenvalue weighted by Crippen LogP contribution is -2.01. The third-order valence-corrected chi connectivity index (χ3v) is 1.80. The van der Waals surface area contributed by atoms with Crippen LogP contribution < -0.4 is 4.74 Å². The van der Waals surface area contributed by atoms with Crippen molar-refractivity contribution in [1.82, 2.24) is 9.78 Å². The first-order chi connectivity index (χ1) is 6.27. The number of hydrogen-bond acceptors (Lipinski definition) is 3. The minimum Gasteiger partial charge on any atom is -0.478 e. The second-order valence-electron chi connectivity index (χ2n) is 2.96. The summed E-state index contributed by atoms with van der Waals surface area (Å²) < 4.78 is 7.09. The number of nitrogens with zero attached hydrogens (tertiary/aromatic N) is 2. The van der Waals surface area contributed by atoms with Gasteiger partial charge in [0.25, 0.3) is 0 Å². The maximum Gasteiger partial charge on any atom is 0.211 e. The SMILES string of the molecule is CCCCOc1cc(CO)nn1C. The molecule has 4 nitrogen and oxygen atoms in total. The largest absolute Gasteiger partial charge is 0.478 e. The van der Waals surface area contributed by atoms with E-state index in [2.05, 4.69) is 12.0 Å². The topological polar surface area (TPSA) is 47.3 Å². The van der Waals surface area contributed by atoms with E-state index >= 15 is 0 Å². The van der Waals surface area contributed by atoms with E-state index in [4.69, 9.17) is 9.84 Å². The maximum atomic E-state index is 8.82. The summed E-state index contributed by atoms with van der Waals surface area (Å²) in [7, 11) is 1.81. The third kappa shape index (κ3) is 2.73. The second kappa shape index (κ2) is 4.87. The molecular formula is C9H16N2O2. The van der Waals surface area contributed by atoms with Crippen LogP contribution >= 0.6 is 0 Å². The van der Waals surface area contributed by atoms with E-state index in [0.717, 1.165) is 18.7 Å². The molecule has 0 aliphatic heterocycles. The van der Waals surface area contributed by atoms with Crippen LogP contribution in [0, 0.1) is 0 Å². The van der Waals surface area contributed by atoms with Crippen molar-refractivity contribution in [3.05, 3.63) is 11.8 Å². The molecule has 0 atom stereocenters. The summed E-state index contributed by atoms with van der Waals surface area (Å²) in [6.07, 6.45) is 2.16. The molecule has 0 saturated heterocycles. The molecule has 74 valence electrons. The summed E-state index contributed by atoms with van der Waals surface area (Å²) in [5.41, 5.74) is 0.647. The number of aryl methyl sites for hydroxylation is 1. The zero-order valence-electron chi connectivity index (χ0n) is 8.16. The van der Waals surface area contributed by atoms with Crippen molar-refractivity contribution < 1.29 is 9.84 Å². The molecule has 1 N–H and O–H groups in total. The van der Waals surface area contributed by atoms with Gasteiger partial charge in [0.05, 0.1) is 18.9 Å². The first-order valence-corrected chi connectivity index (χ1v) is 4.54. The van der Waals surface area contributed by atoms with Gasteiger partial charge in [-0.3, -0.25) is 0 Å². The number of hydrogen-bond donors (Lipinski definition) is 1. The van der Waals surface area contributed by atoms with Crippen LogP contribution in [0.5, 0.6) is 5.88 Å². The fourth-order valence-corrected chi connectivity index (χ4v) is 1.04. The maximum absolute atomic E-state index is 8.82. The van der Waals surface area contributed by atoms with Gasteiger partial charge in [-0.15, -0.1) is 0 Å². The smallest absolute Gasteiger partial charge is 0.211 e. The quantitative estimate of drug-likeness (QED) is 0.697. The first-order valence-electron chi connectivity index (χ1n) is 4.54. The molecule has 0 fully saturated rings.